The van der Waals surface area contributed by atoms with Gasteiger partial charge in [0.15, 0.2) is 0 Å². The molecule has 1 saturated carbocycles. The standard InChI is InChI=1S/C19H20FNO2/c1-13-4-2-3-5-17(13)19(23)21(16-10-11-16)12-18(22)14-6-8-15(20)9-7-14/h2-9,16,18,22H,10-12H2,1H3. The Hall–Kier alpha value is -2.20. The van der Waals surface area contributed by atoms with E-state index in [9.17, 15) is 14.3 Å². The van der Waals surface area contributed by atoms with Gasteiger partial charge in [-0.25, -0.2) is 4.39 Å². The number of aliphatic hydroxyl groups is 1. The molecule has 120 valence electrons. The molecule has 1 unspecified atom stereocenters. The van der Waals surface area contributed by atoms with Crippen molar-refractivity contribution < 1.29 is 14.3 Å². The van der Waals surface area contributed by atoms with Crippen molar-refractivity contribution in [1.82, 2.24) is 4.90 Å². The van der Waals surface area contributed by atoms with Gasteiger partial charge in [-0.15, -0.1) is 0 Å². The van der Waals surface area contributed by atoms with Gasteiger partial charge in [-0.2, -0.15) is 0 Å². The summed E-state index contributed by atoms with van der Waals surface area (Å²) in [6, 6.07) is 13.4. The normalized spacial score (nSPS) is 15.3. The lowest BCUT2D eigenvalue weighted by Crippen LogP contribution is -2.37. The molecule has 1 aliphatic carbocycles. The molecule has 0 radical (unpaired) electrons. The summed E-state index contributed by atoms with van der Waals surface area (Å²) in [4.78, 5) is 14.6. The van der Waals surface area contributed by atoms with E-state index in [0.29, 0.717) is 11.1 Å². The maximum absolute atomic E-state index is 13.0. The van der Waals surface area contributed by atoms with E-state index < -0.39 is 6.10 Å². The summed E-state index contributed by atoms with van der Waals surface area (Å²) in [6.45, 7) is 2.14. The lowest BCUT2D eigenvalue weighted by atomic mass is 10.1. The van der Waals surface area contributed by atoms with E-state index in [1.807, 2.05) is 31.2 Å². The first-order valence-corrected chi connectivity index (χ1v) is 7.86. The SMILES string of the molecule is Cc1ccccc1C(=O)N(CC(O)c1ccc(F)cc1)C1CC1. The molecule has 3 rings (SSSR count). The molecule has 2 aromatic carbocycles. The van der Waals surface area contributed by atoms with Crippen molar-refractivity contribution in [1.29, 1.82) is 0 Å². The molecule has 1 fully saturated rings. The summed E-state index contributed by atoms with van der Waals surface area (Å²) in [5, 5.41) is 10.4. The molecule has 0 bridgehead atoms. The third-order valence-electron chi connectivity index (χ3n) is 4.25. The number of benzene rings is 2. The summed E-state index contributed by atoms with van der Waals surface area (Å²) >= 11 is 0. The first-order valence-electron chi connectivity index (χ1n) is 7.86. The number of rotatable bonds is 5. The van der Waals surface area contributed by atoms with Crippen molar-refractivity contribution in [2.45, 2.75) is 31.9 Å². The molecule has 3 nitrogen and oxygen atoms in total. The van der Waals surface area contributed by atoms with E-state index in [2.05, 4.69) is 0 Å². The van der Waals surface area contributed by atoms with Gasteiger partial charge < -0.3 is 10.0 Å². The summed E-state index contributed by atoms with van der Waals surface area (Å²) in [6.07, 6.45) is 1.12. The number of aryl methyl sites for hydroxylation is 1. The first-order chi connectivity index (χ1) is 11.1. The molecule has 1 N–H and O–H groups in total. The van der Waals surface area contributed by atoms with Crippen LogP contribution in [0, 0.1) is 12.7 Å². The van der Waals surface area contributed by atoms with Gasteiger partial charge in [0.1, 0.15) is 5.82 Å². The second-order valence-electron chi connectivity index (χ2n) is 6.07. The minimum Gasteiger partial charge on any atom is -0.387 e. The Kier molecular flexibility index (Phi) is 4.44. The molecule has 2 aromatic rings. The van der Waals surface area contributed by atoms with Gasteiger partial charge in [0.25, 0.3) is 5.91 Å². The summed E-state index contributed by atoms with van der Waals surface area (Å²) in [5.74, 6) is -0.386. The van der Waals surface area contributed by atoms with Crippen LogP contribution in [-0.4, -0.2) is 28.5 Å². The second kappa shape index (κ2) is 6.50. The topological polar surface area (TPSA) is 40.5 Å². The van der Waals surface area contributed by atoms with Crippen molar-refractivity contribution in [3.63, 3.8) is 0 Å². The van der Waals surface area contributed by atoms with E-state index in [1.165, 1.54) is 12.1 Å². The van der Waals surface area contributed by atoms with Crippen LogP contribution in [0.1, 0.15) is 40.4 Å². The van der Waals surface area contributed by atoms with Gasteiger partial charge >= 0.3 is 0 Å². The summed E-state index contributed by atoms with van der Waals surface area (Å²) in [7, 11) is 0. The fourth-order valence-electron chi connectivity index (χ4n) is 2.73. The molecular weight excluding hydrogens is 293 g/mol. The van der Waals surface area contributed by atoms with Gasteiger partial charge in [0.05, 0.1) is 12.6 Å². The Morgan fingerprint density at radius 3 is 2.48 bits per heavy atom. The lowest BCUT2D eigenvalue weighted by molar-refractivity contribution is 0.0602. The highest BCUT2D eigenvalue weighted by Gasteiger charge is 2.34. The van der Waals surface area contributed by atoms with E-state index in [4.69, 9.17) is 0 Å². The van der Waals surface area contributed by atoms with Crippen molar-refractivity contribution in [3.8, 4) is 0 Å². The number of halogens is 1. The fourth-order valence-corrected chi connectivity index (χ4v) is 2.73. The third-order valence-corrected chi connectivity index (χ3v) is 4.25. The molecule has 0 spiro atoms. The Labute approximate surface area is 135 Å². The summed E-state index contributed by atoms with van der Waals surface area (Å²) in [5.41, 5.74) is 2.22. The van der Waals surface area contributed by atoms with Crippen LogP contribution >= 0.6 is 0 Å². The van der Waals surface area contributed by atoms with Crippen LogP contribution in [0.3, 0.4) is 0 Å². The number of aliphatic hydroxyl groups excluding tert-OH is 1. The minimum atomic E-state index is -0.816. The smallest absolute Gasteiger partial charge is 0.254 e. The number of nitrogens with zero attached hydrogens (tertiary/aromatic N) is 1. The van der Waals surface area contributed by atoms with Crippen LogP contribution in [0.2, 0.25) is 0 Å². The highest BCUT2D eigenvalue weighted by atomic mass is 19.1. The van der Waals surface area contributed by atoms with Crippen molar-refractivity contribution in [2.75, 3.05) is 6.54 Å². The Morgan fingerprint density at radius 1 is 1.22 bits per heavy atom. The van der Waals surface area contributed by atoms with E-state index in [1.54, 1.807) is 17.0 Å². The zero-order valence-electron chi connectivity index (χ0n) is 13.1. The van der Waals surface area contributed by atoms with Crippen LogP contribution in [0.15, 0.2) is 48.5 Å². The molecule has 0 heterocycles. The molecule has 1 atom stereocenters. The first kappa shape index (κ1) is 15.7. The maximum Gasteiger partial charge on any atom is 0.254 e. The minimum absolute atomic E-state index is 0.0493. The number of carbonyl (C=O) groups excluding carboxylic acids is 1. The van der Waals surface area contributed by atoms with E-state index in [0.717, 1.165) is 18.4 Å². The Morgan fingerprint density at radius 2 is 1.87 bits per heavy atom. The van der Waals surface area contributed by atoms with Gasteiger partial charge in [0.2, 0.25) is 0 Å². The Balaban J connectivity index is 1.78. The highest BCUT2D eigenvalue weighted by Crippen LogP contribution is 2.30. The van der Waals surface area contributed by atoms with Crippen molar-refractivity contribution in [3.05, 3.63) is 71.0 Å². The predicted molar refractivity (Wildman–Crippen MR) is 86.6 cm³/mol. The van der Waals surface area contributed by atoms with Crippen molar-refractivity contribution >= 4 is 5.91 Å². The number of amides is 1. The average Bonchev–Trinajstić information content (AvgIpc) is 3.37. The fraction of sp³-hybridized carbons (Fsp3) is 0.316. The number of carbonyl (C=O) groups is 1. The van der Waals surface area contributed by atoms with Gasteiger partial charge in [0, 0.05) is 11.6 Å². The monoisotopic (exact) mass is 313 g/mol. The molecule has 23 heavy (non-hydrogen) atoms. The Bertz CT molecular complexity index is 695. The van der Waals surface area contributed by atoms with Gasteiger partial charge in [-0.1, -0.05) is 30.3 Å². The van der Waals surface area contributed by atoms with Gasteiger partial charge in [-0.05, 0) is 49.1 Å². The second-order valence-corrected chi connectivity index (χ2v) is 6.07. The molecule has 0 aromatic heterocycles. The predicted octanol–water partition coefficient (Wildman–Crippen LogP) is 3.47. The number of hydrogen-bond donors (Lipinski definition) is 1. The molecule has 1 amide bonds. The highest BCUT2D eigenvalue weighted by molar-refractivity contribution is 5.96. The van der Waals surface area contributed by atoms with Crippen LogP contribution in [0.4, 0.5) is 4.39 Å². The van der Waals surface area contributed by atoms with Crippen LogP contribution < -0.4 is 0 Å². The van der Waals surface area contributed by atoms with Gasteiger partial charge in [-0.3, -0.25) is 4.79 Å². The zero-order chi connectivity index (χ0) is 16.4. The van der Waals surface area contributed by atoms with E-state index in [-0.39, 0.29) is 24.3 Å². The maximum atomic E-state index is 13.0. The number of hydrogen-bond acceptors (Lipinski definition) is 2. The lowest BCUT2D eigenvalue weighted by Gasteiger charge is -2.26. The quantitative estimate of drug-likeness (QED) is 0.918. The van der Waals surface area contributed by atoms with Crippen LogP contribution in [0.5, 0.6) is 0 Å². The van der Waals surface area contributed by atoms with Crippen LogP contribution in [-0.2, 0) is 0 Å². The summed E-state index contributed by atoms with van der Waals surface area (Å²) < 4.78 is 13.0. The third kappa shape index (κ3) is 3.59. The zero-order valence-corrected chi connectivity index (χ0v) is 13.1. The molecule has 4 heteroatoms. The molecule has 0 aliphatic heterocycles. The van der Waals surface area contributed by atoms with Crippen molar-refractivity contribution in [2.24, 2.45) is 0 Å². The molecule has 0 saturated heterocycles. The van der Waals surface area contributed by atoms with Crippen LogP contribution in [0.25, 0.3) is 0 Å². The molecule has 1 aliphatic rings. The average molecular weight is 313 g/mol. The molecular formula is C19H20FNO2. The van der Waals surface area contributed by atoms with E-state index >= 15 is 0 Å². The largest absolute Gasteiger partial charge is 0.387 e.